The van der Waals surface area contributed by atoms with Gasteiger partial charge < -0.3 is 9.90 Å². The van der Waals surface area contributed by atoms with Gasteiger partial charge >= 0.3 is 18.9 Å². The Kier molecular flexibility index (Phi) is 5.13. The maximum Gasteiger partial charge on any atom is 1.00 e. The minimum absolute atomic E-state index is 0. The van der Waals surface area contributed by atoms with Crippen molar-refractivity contribution in [2.24, 2.45) is 0 Å². The van der Waals surface area contributed by atoms with Gasteiger partial charge in [0.05, 0.1) is 22.6 Å². The third kappa shape index (κ3) is 3.30. The molecule has 2 aliphatic rings. The van der Waals surface area contributed by atoms with E-state index in [-0.39, 0.29) is 24.4 Å². The molecule has 0 amide bonds. The standard InChI is InChI=1S/C21H18N2O3S.Li/c24-18-9-15(8-12-7-14-3-1-2-4-16(14)22-10-12)19(13-5-6-13)20-23(18)17(11-27-20)21(25)26;/h1-4,7,9-10,13,17H,5-6,8,11H2,(H,25,26);/q;+1/p-1/t17-;/m0./s1. The number of aliphatic carboxylic acids is 1. The van der Waals surface area contributed by atoms with E-state index in [1.807, 2.05) is 30.5 Å². The summed E-state index contributed by atoms with van der Waals surface area (Å²) in [6, 6.07) is 10.8. The Morgan fingerprint density at radius 3 is 2.79 bits per heavy atom. The van der Waals surface area contributed by atoms with Crippen LogP contribution in [0.2, 0.25) is 0 Å². The fourth-order valence-electron chi connectivity index (χ4n) is 3.90. The van der Waals surface area contributed by atoms with Crippen molar-refractivity contribution in [2.45, 2.75) is 36.2 Å². The predicted octanol–water partition coefficient (Wildman–Crippen LogP) is -0.735. The van der Waals surface area contributed by atoms with E-state index < -0.39 is 12.0 Å². The van der Waals surface area contributed by atoms with Gasteiger partial charge in [-0.25, -0.2) is 0 Å². The number of hydrogen-bond acceptors (Lipinski definition) is 5. The second-order valence-corrected chi connectivity index (χ2v) is 8.24. The summed E-state index contributed by atoms with van der Waals surface area (Å²) in [6.45, 7) is 0. The van der Waals surface area contributed by atoms with Gasteiger partial charge in [-0.1, -0.05) is 18.2 Å². The average molecular weight is 384 g/mol. The molecule has 1 aliphatic carbocycles. The Labute approximate surface area is 178 Å². The monoisotopic (exact) mass is 384 g/mol. The van der Waals surface area contributed by atoms with Crippen molar-refractivity contribution >= 4 is 28.6 Å². The Bertz CT molecular complexity index is 1140. The van der Waals surface area contributed by atoms with Gasteiger partial charge in [-0.2, -0.15) is 0 Å². The van der Waals surface area contributed by atoms with Gasteiger partial charge in [-0.05, 0) is 54.0 Å². The average Bonchev–Trinajstić information content (AvgIpc) is 3.38. The second-order valence-electron chi connectivity index (χ2n) is 7.23. The van der Waals surface area contributed by atoms with Crippen LogP contribution in [-0.4, -0.2) is 21.3 Å². The van der Waals surface area contributed by atoms with Crippen LogP contribution in [-0.2, 0) is 11.2 Å². The molecule has 3 aromatic rings. The number of pyridine rings is 2. The van der Waals surface area contributed by atoms with Crippen LogP contribution >= 0.6 is 11.8 Å². The number of fused-ring (bicyclic) bond motifs is 2. The summed E-state index contributed by atoms with van der Waals surface area (Å²) in [5, 5.41) is 13.3. The summed E-state index contributed by atoms with van der Waals surface area (Å²) < 4.78 is 1.43. The third-order valence-electron chi connectivity index (χ3n) is 5.32. The van der Waals surface area contributed by atoms with Crippen molar-refractivity contribution in [1.82, 2.24) is 9.55 Å². The largest absolute Gasteiger partial charge is 1.00 e. The summed E-state index contributed by atoms with van der Waals surface area (Å²) >= 11 is 1.47. The van der Waals surface area contributed by atoms with Crippen LogP contribution in [0, 0.1) is 0 Å². The Hall–Kier alpha value is -2.00. The summed E-state index contributed by atoms with van der Waals surface area (Å²) in [6.07, 6.45) is 4.67. The van der Waals surface area contributed by atoms with Crippen molar-refractivity contribution < 1.29 is 28.8 Å². The van der Waals surface area contributed by atoms with Gasteiger partial charge in [-0.3, -0.25) is 14.3 Å². The molecular formula is C21H17LiN2O3S. The van der Waals surface area contributed by atoms with Crippen LogP contribution < -0.4 is 29.5 Å². The molecule has 0 bridgehead atoms. The Balaban J connectivity index is 0.00000192. The molecule has 0 N–H and O–H groups in total. The topological polar surface area (TPSA) is 75.0 Å². The molecule has 5 rings (SSSR count). The molecule has 136 valence electrons. The molecular weight excluding hydrogens is 367 g/mol. The quantitative estimate of drug-likeness (QED) is 0.555. The van der Waals surface area contributed by atoms with Crippen LogP contribution in [0.4, 0.5) is 0 Å². The molecule has 2 aromatic heterocycles. The molecule has 1 saturated carbocycles. The first kappa shape index (κ1) is 19.3. The fraction of sp³-hybridized carbons (Fsp3) is 0.286. The molecule has 5 nitrogen and oxygen atoms in total. The van der Waals surface area contributed by atoms with E-state index in [1.165, 1.54) is 16.3 Å². The van der Waals surface area contributed by atoms with Crippen LogP contribution in [0.5, 0.6) is 0 Å². The number of carbonyl (C=O) groups excluding carboxylic acids is 1. The zero-order chi connectivity index (χ0) is 18.5. The second kappa shape index (κ2) is 7.44. The smallest absolute Gasteiger partial charge is 0.548 e. The molecule has 28 heavy (non-hydrogen) atoms. The molecule has 1 fully saturated rings. The number of para-hydroxylation sites is 1. The first-order valence-corrected chi connectivity index (χ1v) is 10.1. The number of carboxylic acids is 1. The molecule has 7 heteroatoms. The minimum atomic E-state index is -1.18. The number of carboxylic acid groups (broad SMARTS) is 1. The Morgan fingerprint density at radius 2 is 2.04 bits per heavy atom. The molecule has 1 atom stereocenters. The molecule has 0 radical (unpaired) electrons. The normalized spacial score (nSPS) is 17.9. The molecule has 3 heterocycles. The zero-order valence-electron chi connectivity index (χ0n) is 15.6. The number of rotatable bonds is 4. The molecule has 1 aromatic carbocycles. The maximum absolute atomic E-state index is 12.7. The van der Waals surface area contributed by atoms with Crippen molar-refractivity contribution in [3.8, 4) is 0 Å². The van der Waals surface area contributed by atoms with Crippen molar-refractivity contribution in [2.75, 3.05) is 5.75 Å². The summed E-state index contributed by atoms with van der Waals surface area (Å²) in [7, 11) is 0. The number of aromatic nitrogens is 2. The van der Waals surface area contributed by atoms with E-state index in [4.69, 9.17) is 0 Å². The van der Waals surface area contributed by atoms with E-state index in [0.29, 0.717) is 18.1 Å². The van der Waals surface area contributed by atoms with E-state index in [0.717, 1.165) is 45.5 Å². The zero-order valence-corrected chi connectivity index (χ0v) is 16.4. The minimum Gasteiger partial charge on any atom is -0.548 e. The van der Waals surface area contributed by atoms with E-state index in [2.05, 4.69) is 11.1 Å². The van der Waals surface area contributed by atoms with Gasteiger partial charge in [0, 0.05) is 23.4 Å². The van der Waals surface area contributed by atoms with Gasteiger partial charge in [0.2, 0.25) is 0 Å². The van der Waals surface area contributed by atoms with Crippen molar-refractivity contribution in [3.05, 3.63) is 69.6 Å². The third-order valence-corrected chi connectivity index (χ3v) is 6.49. The van der Waals surface area contributed by atoms with E-state index >= 15 is 0 Å². The van der Waals surface area contributed by atoms with E-state index in [1.54, 1.807) is 6.07 Å². The molecule has 0 saturated heterocycles. The number of hydrogen-bond donors (Lipinski definition) is 0. The molecule has 0 unspecified atom stereocenters. The first-order valence-electron chi connectivity index (χ1n) is 9.07. The van der Waals surface area contributed by atoms with Crippen LogP contribution in [0.3, 0.4) is 0 Å². The summed E-state index contributed by atoms with van der Waals surface area (Å²) in [5.74, 6) is -0.405. The fourth-order valence-corrected chi connectivity index (χ4v) is 5.31. The van der Waals surface area contributed by atoms with Crippen LogP contribution in [0.1, 0.15) is 41.5 Å². The molecule has 0 spiro atoms. The maximum atomic E-state index is 12.7. The molecule has 1 aliphatic heterocycles. The Morgan fingerprint density at radius 1 is 1.25 bits per heavy atom. The van der Waals surface area contributed by atoms with E-state index in [9.17, 15) is 14.7 Å². The number of thioether (sulfide) groups is 1. The number of carbonyl (C=O) groups is 1. The summed E-state index contributed by atoms with van der Waals surface area (Å²) in [5.41, 5.74) is 3.90. The van der Waals surface area contributed by atoms with Crippen LogP contribution in [0.15, 0.2) is 52.4 Å². The van der Waals surface area contributed by atoms with Gasteiger partial charge in [0.1, 0.15) is 0 Å². The summed E-state index contributed by atoms with van der Waals surface area (Å²) in [4.78, 5) is 28.6. The van der Waals surface area contributed by atoms with Gasteiger partial charge in [0.15, 0.2) is 0 Å². The van der Waals surface area contributed by atoms with Gasteiger partial charge in [0.25, 0.3) is 5.56 Å². The number of nitrogens with zero attached hydrogens (tertiary/aromatic N) is 2. The predicted molar refractivity (Wildman–Crippen MR) is 102 cm³/mol. The van der Waals surface area contributed by atoms with Crippen molar-refractivity contribution in [1.29, 1.82) is 0 Å². The van der Waals surface area contributed by atoms with Gasteiger partial charge in [-0.15, -0.1) is 11.8 Å². The SMILES string of the molecule is O=C([O-])[C@@H]1CSc2c(C3CC3)c(Cc3cnc4ccccc4c3)cc(=O)n21.[Li+]. The first-order chi connectivity index (χ1) is 13.1. The van der Waals surface area contributed by atoms with Crippen molar-refractivity contribution in [3.63, 3.8) is 0 Å². The number of benzene rings is 1. The van der Waals surface area contributed by atoms with Crippen LogP contribution in [0.25, 0.3) is 10.9 Å².